The molecule has 2 saturated heterocycles. The highest BCUT2D eigenvalue weighted by Gasteiger charge is 2.43. The van der Waals surface area contributed by atoms with Crippen LogP contribution in [0.4, 0.5) is 4.79 Å². The van der Waals surface area contributed by atoms with E-state index < -0.39 is 5.97 Å². The van der Waals surface area contributed by atoms with E-state index in [9.17, 15) is 9.59 Å². The highest BCUT2D eigenvalue weighted by Crippen LogP contribution is 2.25. The number of amides is 1. The lowest BCUT2D eigenvalue weighted by molar-refractivity contribution is -0.150. The summed E-state index contributed by atoms with van der Waals surface area (Å²) in [6, 6.07) is 9.85. The third-order valence-corrected chi connectivity index (χ3v) is 4.10. The summed E-state index contributed by atoms with van der Waals surface area (Å²) >= 11 is 0. The summed E-state index contributed by atoms with van der Waals surface area (Å²) in [5.74, 6) is -0.978. The number of carboxylic acid groups (broad SMARTS) is 1. The first-order chi connectivity index (χ1) is 10.1. The van der Waals surface area contributed by atoms with Crippen LogP contribution in [0.3, 0.4) is 0 Å². The lowest BCUT2D eigenvalue weighted by atomic mass is 9.95. The number of ether oxygens (including phenoxy) is 1. The van der Waals surface area contributed by atoms with Gasteiger partial charge in [-0.15, -0.1) is 0 Å². The van der Waals surface area contributed by atoms with E-state index in [2.05, 4.69) is 4.90 Å². The van der Waals surface area contributed by atoms with Crippen LogP contribution in [-0.2, 0) is 16.1 Å². The summed E-state index contributed by atoms with van der Waals surface area (Å²) in [7, 11) is 0. The topological polar surface area (TPSA) is 70.1 Å². The largest absolute Gasteiger partial charge is 0.481 e. The van der Waals surface area contributed by atoms with Crippen LogP contribution in [0.25, 0.3) is 0 Å². The molecule has 2 heterocycles. The molecule has 112 valence electrons. The van der Waals surface area contributed by atoms with Gasteiger partial charge in [0.2, 0.25) is 0 Å². The summed E-state index contributed by atoms with van der Waals surface area (Å²) < 4.78 is 5.25. The number of hydrogen-bond donors (Lipinski definition) is 1. The Morgan fingerprint density at radius 3 is 2.43 bits per heavy atom. The van der Waals surface area contributed by atoms with E-state index in [1.807, 2.05) is 30.3 Å². The fraction of sp³-hybridized carbons (Fsp3) is 0.467. The molecule has 2 fully saturated rings. The molecule has 6 nitrogen and oxygen atoms in total. The minimum atomic E-state index is -0.732. The van der Waals surface area contributed by atoms with Gasteiger partial charge >= 0.3 is 12.1 Å². The maximum atomic E-state index is 11.8. The van der Waals surface area contributed by atoms with Gasteiger partial charge in [0.25, 0.3) is 0 Å². The number of nitrogens with zero attached hydrogens (tertiary/aromatic N) is 2. The molecular weight excluding hydrogens is 272 g/mol. The molecule has 0 radical (unpaired) electrons. The number of rotatable bonds is 4. The highest BCUT2D eigenvalue weighted by atomic mass is 16.6. The SMILES string of the molecule is O=C(O)C1CN(C2CN(C(=O)OCc3ccccc3)C2)C1. The van der Waals surface area contributed by atoms with E-state index >= 15 is 0 Å². The minimum absolute atomic E-state index is 0.246. The van der Waals surface area contributed by atoms with Crippen LogP contribution in [0.1, 0.15) is 5.56 Å². The van der Waals surface area contributed by atoms with Gasteiger partial charge in [-0.25, -0.2) is 4.79 Å². The van der Waals surface area contributed by atoms with Crippen molar-refractivity contribution in [1.29, 1.82) is 0 Å². The number of carbonyl (C=O) groups is 2. The maximum Gasteiger partial charge on any atom is 0.410 e. The van der Waals surface area contributed by atoms with Crippen LogP contribution >= 0.6 is 0 Å². The van der Waals surface area contributed by atoms with E-state index in [1.165, 1.54) is 0 Å². The van der Waals surface area contributed by atoms with Crippen molar-refractivity contribution in [1.82, 2.24) is 9.80 Å². The molecule has 0 aliphatic carbocycles. The van der Waals surface area contributed by atoms with Crippen LogP contribution in [0.2, 0.25) is 0 Å². The fourth-order valence-corrected chi connectivity index (χ4v) is 2.61. The Morgan fingerprint density at radius 1 is 1.14 bits per heavy atom. The van der Waals surface area contributed by atoms with Gasteiger partial charge < -0.3 is 14.7 Å². The lowest BCUT2D eigenvalue weighted by Crippen LogP contribution is -2.67. The number of carboxylic acids is 1. The first-order valence-electron chi connectivity index (χ1n) is 7.06. The van der Waals surface area contributed by atoms with Crippen molar-refractivity contribution in [3.63, 3.8) is 0 Å². The van der Waals surface area contributed by atoms with Gasteiger partial charge in [0.1, 0.15) is 6.61 Å². The van der Waals surface area contributed by atoms with Gasteiger partial charge in [-0.3, -0.25) is 9.69 Å². The molecule has 0 saturated carbocycles. The Labute approximate surface area is 122 Å². The summed E-state index contributed by atoms with van der Waals surface area (Å²) in [5, 5.41) is 8.83. The molecule has 1 aromatic rings. The van der Waals surface area contributed by atoms with Crippen molar-refractivity contribution < 1.29 is 19.4 Å². The van der Waals surface area contributed by atoms with E-state index in [4.69, 9.17) is 9.84 Å². The molecule has 6 heteroatoms. The molecule has 3 rings (SSSR count). The van der Waals surface area contributed by atoms with E-state index in [0.29, 0.717) is 26.2 Å². The smallest absolute Gasteiger partial charge is 0.410 e. The number of hydrogen-bond acceptors (Lipinski definition) is 4. The summed E-state index contributed by atoms with van der Waals surface area (Å²) in [5.41, 5.74) is 0.968. The molecule has 0 bridgehead atoms. The third-order valence-electron chi connectivity index (χ3n) is 4.10. The van der Waals surface area contributed by atoms with Crippen molar-refractivity contribution in [2.75, 3.05) is 26.2 Å². The van der Waals surface area contributed by atoms with Crippen LogP contribution in [0, 0.1) is 5.92 Å². The van der Waals surface area contributed by atoms with Crippen molar-refractivity contribution >= 4 is 12.1 Å². The van der Waals surface area contributed by atoms with Gasteiger partial charge in [-0.05, 0) is 5.56 Å². The van der Waals surface area contributed by atoms with Crippen molar-refractivity contribution in [3.8, 4) is 0 Å². The predicted molar refractivity (Wildman–Crippen MR) is 74.7 cm³/mol. The van der Waals surface area contributed by atoms with Crippen molar-refractivity contribution in [2.24, 2.45) is 5.92 Å². The summed E-state index contributed by atoms with van der Waals surface area (Å²) in [4.78, 5) is 26.3. The van der Waals surface area contributed by atoms with Crippen LogP contribution in [0.5, 0.6) is 0 Å². The van der Waals surface area contributed by atoms with E-state index in [1.54, 1.807) is 4.90 Å². The lowest BCUT2D eigenvalue weighted by Gasteiger charge is -2.50. The normalized spacial score (nSPS) is 19.7. The first-order valence-corrected chi connectivity index (χ1v) is 7.06. The molecule has 2 aliphatic rings. The summed E-state index contributed by atoms with van der Waals surface area (Å²) in [6.45, 7) is 2.71. The fourth-order valence-electron chi connectivity index (χ4n) is 2.61. The molecule has 2 aliphatic heterocycles. The van der Waals surface area contributed by atoms with Crippen molar-refractivity contribution in [2.45, 2.75) is 12.6 Å². The Bertz CT molecular complexity index is 522. The highest BCUT2D eigenvalue weighted by molar-refractivity contribution is 5.72. The maximum absolute atomic E-state index is 11.8. The average molecular weight is 290 g/mol. The number of benzene rings is 1. The minimum Gasteiger partial charge on any atom is -0.481 e. The van der Waals surface area contributed by atoms with Gasteiger partial charge in [-0.1, -0.05) is 30.3 Å². The second-order valence-corrected chi connectivity index (χ2v) is 5.59. The summed E-state index contributed by atoms with van der Waals surface area (Å²) in [6.07, 6.45) is -0.301. The number of likely N-dealkylation sites (tertiary alicyclic amines) is 2. The van der Waals surface area contributed by atoms with Gasteiger partial charge in [0.15, 0.2) is 0 Å². The van der Waals surface area contributed by atoms with Crippen molar-refractivity contribution in [3.05, 3.63) is 35.9 Å². The van der Waals surface area contributed by atoms with Gasteiger partial charge in [0, 0.05) is 32.2 Å². The van der Waals surface area contributed by atoms with Crippen LogP contribution in [-0.4, -0.2) is 59.2 Å². The molecule has 0 atom stereocenters. The Kier molecular flexibility index (Phi) is 3.79. The molecule has 1 N–H and O–H groups in total. The molecule has 0 spiro atoms. The Morgan fingerprint density at radius 2 is 1.81 bits per heavy atom. The Balaban J connectivity index is 1.36. The second kappa shape index (κ2) is 5.73. The standard InChI is InChI=1S/C15H18N2O4/c18-14(19)12-6-16(7-12)13-8-17(9-13)15(20)21-10-11-4-2-1-3-5-11/h1-5,12-13H,6-10H2,(H,18,19). The third kappa shape index (κ3) is 3.00. The first kappa shape index (κ1) is 13.9. The molecule has 1 amide bonds. The van der Waals surface area contributed by atoms with Crippen LogP contribution < -0.4 is 0 Å². The number of aliphatic carboxylic acids is 1. The van der Waals surface area contributed by atoms with E-state index in [-0.39, 0.29) is 24.7 Å². The zero-order valence-electron chi connectivity index (χ0n) is 11.6. The second-order valence-electron chi connectivity index (χ2n) is 5.59. The molecule has 21 heavy (non-hydrogen) atoms. The zero-order chi connectivity index (χ0) is 14.8. The quantitative estimate of drug-likeness (QED) is 0.896. The van der Waals surface area contributed by atoms with Crippen LogP contribution in [0.15, 0.2) is 30.3 Å². The molecular formula is C15H18N2O4. The monoisotopic (exact) mass is 290 g/mol. The number of carbonyl (C=O) groups excluding carboxylic acids is 1. The zero-order valence-corrected chi connectivity index (χ0v) is 11.6. The van der Waals surface area contributed by atoms with Gasteiger partial charge in [0.05, 0.1) is 5.92 Å². The predicted octanol–water partition coefficient (Wildman–Crippen LogP) is 1.02. The molecule has 1 aromatic carbocycles. The van der Waals surface area contributed by atoms with Gasteiger partial charge in [-0.2, -0.15) is 0 Å². The van der Waals surface area contributed by atoms with E-state index in [0.717, 1.165) is 5.56 Å². The molecule has 0 aromatic heterocycles. The average Bonchev–Trinajstić information content (AvgIpc) is 2.37. The Hall–Kier alpha value is -2.08. The molecule has 0 unspecified atom stereocenters.